The van der Waals surface area contributed by atoms with Crippen molar-refractivity contribution in [3.8, 4) is 0 Å². The van der Waals surface area contributed by atoms with Crippen LogP contribution in [0.3, 0.4) is 0 Å². The highest BCUT2D eigenvalue weighted by molar-refractivity contribution is 6.02. The zero-order valence-electron chi connectivity index (χ0n) is 11.1. The molecule has 0 bridgehead atoms. The molecule has 1 unspecified atom stereocenters. The van der Waals surface area contributed by atoms with Crippen molar-refractivity contribution in [2.24, 2.45) is 0 Å². The molecule has 20 heavy (non-hydrogen) atoms. The predicted molar refractivity (Wildman–Crippen MR) is 84.6 cm³/mol. The average Bonchev–Trinajstić information content (AvgIpc) is 2.52. The van der Waals surface area contributed by atoms with Crippen LogP contribution in [0.5, 0.6) is 0 Å². The van der Waals surface area contributed by atoms with Gasteiger partial charge < -0.3 is 0 Å². The number of hydrogen-bond donors (Lipinski definition) is 0. The lowest BCUT2D eigenvalue weighted by molar-refractivity contribution is 0.983. The fourth-order valence-electron chi connectivity index (χ4n) is 3.95. The van der Waals surface area contributed by atoms with E-state index in [1.54, 1.807) is 0 Å². The van der Waals surface area contributed by atoms with E-state index in [4.69, 9.17) is 0 Å². The van der Waals surface area contributed by atoms with Crippen molar-refractivity contribution < 1.29 is 0 Å². The fraction of sp³-hybridized carbons (Fsp3) is 0.100. The molecule has 5 rings (SSSR count). The first-order chi connectivity index (χ1) is 9.93. The Morgan fingerprint density at radius 1 is 1.00 bits per heavy atom. The van der Waals surface area contributed by atoms with E-state index >= 15 is 0 Å². The molecule has 3 aliphatic carbocycles. The summed E-state index contributed by atoms with van der Waals surface area (Å²) in [7, 11) is 0. The van der Waals surface area contributed by atoms with Crippen LogP contribution in [0.2, 0.25) is 0 Å². The standard InChI is InChI=1S/C20H14/c1-5-13-6-2-11-17-18-12-4-8-14-7-3-10-16(20(14)18)15(9-1)19(13)17/h1-11,16H,12H2. The van der Waals surface area contributed by atoms with Crippen molar-refractivity contribution in [2.45, 2.75) is 12.3 Å². The molecule has 0 saturated heterocycles. The van der Waals surface area contributed by atoms with Gasteiger partial charge in [-0.2, -0.15) is 0 Å². The smallest absolute Gasteiger partial charge is 0.0287 e. The SMILES string of the molecule is C1=CC2C3=C(CC=CC3=C1)c1cccc3cccc2c13. The third-order valence-corrected chi connectivity index (χ3v) is 4.74. The third kappa shape index (κ3) is 1.17. The summed E-state index contributed by atoms with van der Waals surface area (Å²) in [6.45, 7) is 0. The average molecular weight is 254 g/mol. The molecule has 0 aliphatic heterocycles. The summed E-state index contributed by atoms with van der Waals surface area (Å²) in [5.74, 6) is 0.438. The van der Waals surface area contributed by atoms with Crippen LogP contribution in [0.4, 0.5) is 0 Å². The zero-order chi connectivity index (χ0) is 13.1. The van der Waals surface area contributed by atoms with E-state index in [2.05, 4.69) is 66.8 Å². The van der Waals surface area contributed by atoms with Gasteiger partial charge in [0.15, 0.2) is 0 Å². The molecule has 2 aromatic rings. The van der Waals surface area contributed by atoms with Gasteiger partial charge in [0, 0.05) is 5.92 Å². The number of rotatable bonds is 0. The van der Waals surface area contributed by atoms with E-state index < -0.39 is 0 Å². The van der Waals surface area contributed by atoms with Crippen molar-refractivity contribution in [1.29, 1.82) is 0 Å². The molecule has 0 nitrogen and oxygen atoms in total. The maximum atomic E-state index is 2.35. The van der Waals surface area contributed by atoms with Crippen molar-refractivity contribution >= 4 is 16.3 Å². The molecule has 0 N–H and O–H groups in total. The van der Waals surface area contributed by atoms with Gasteiger partial charge in [-0.15, -0.1) is 0 Å². The van der Waals surface area contributed by atoms with Crippen LogP contribution in [0.1, 0.15) is 23.5 Å². The quantitative estimate of drug-likeness (QED) is 0.610. The lowest BCUT2D eigenvalue weighted by atomic mass is 9.70. The van der Waals surface area contributed by atoms with Gasteiger partial charge in [0.05, 0.1) is 0 Å². The van der Waals surface area contributed by atoms with Crippen molar-refractivity contribution in [3.63, 3.8) is 0 Å². The van der Waals surface area contributed by atoms with E-state index in [0.717, 1.165) is 6.42 Å². The lowest BCUT2D eigenvalue weighted by Gasteiger charge is -2.33. The number of hydrogen-bond acceptors (Lipinski definition) is 0. The van der Waals surface area contributed by atoms with Crippen LogP contribution in [-0.4, -0.2) is 0 Å². The Morgan fingerprint density at radius 3 is 2.85 bits per heavy atom. The van der Waals surface area contributed by atoms with Crippen LogP contribution >= 0.6 is 0 Å². The minimum Gasteiger partial charge on any atom is -0.0795 e. The lowest BCUT2D eigenvalue weighted by Crippen LogP contribution is -2.14. The molecule has 0 radical (unpaired) electrons. The molecule has 2 aromatic carbocycles. The predicted octanol–water partition coefficient (Wildman–Crippen LogP) is 5.15. The molecule has 0 aromatic heterocycles. The Bertz CT molecular complexity index is 867. The maximum Gasteiger partial charge on any atom is 0.0287 e. The number of fused-ring (bicyclic) bond motifs is 2. The summed E-state index contributed by atoms with van der Waals surface area (Å²) in [6, 6.07) is 13.4. The Labute approximate surface area is 118 Å². The van der Waals surface area contributed by atoms with E-state index in [9.17, 15) is 0 Å². The first kappa shape index (κ1) is 10.4. The van der Waals surface area contributed by atoms with Crippen molar-refractivity contribution in [1.82, 2.24) is 0 Å². The van der Waals surface area contributed by atoms with Crippen LogP contribution in [0.25, 0.3) is 16.3 Å². The molecule has 0 heteroatoms. The van der Waals surface area contributed by atoms with Gasteiger partial charge in [-0.05, 0) is 45.0 Å². The van der Waals surface area contributed by atoms with Gasteiger partial charge in [-0.1, -0.05) is 66.8 Å². The molecular formula is C20H14. The monoisotopic (exact) mass is 254 g/mol. The topological polar surface area (TPSA) is 0 Å². The summed E-state index contributed by atoms with van der Waals surface area (Å²) in [4.78, 5) is 0. The highest BCUT2D eigenvalue weighted by Gasteiger charge is 2.30. The van der Waals surface area contributed by atoms with Gasteiger partial charge >= 0.3 is 0 Å². The normalized spacial score (nSPS) is 22.0. The van der Waals surface area contributed by atoms with Crippen LogP contribution in [0.15, 0.2) is 77.9 Å². The Hall–Kier alpha value is -2.34. The van der Waals surface area contributed by atoms with E-state index in [1.165, 1.54) is 38.6 Å². The summed E-state index contributed by atoms with van der Waals surface area (Å²) in [5.41, 5.74) is 7.35. The summed E-state index contributed by atoms with van der Waals surface area (Å²) in [6.07, 6.45) is 12.4. The van der Waals surface area contributed by atoms with Gasteiger partial charge in [-0.3, -0.25) is 0 Å². The second-order valence-electron chi connectivity index (χ2n) is 5.73. The van der Waals surface area contributed by atoms with Gasteiger partial charge in [0.1, 0.15) is 0 Å². The molecule has 3 aliphatic rings. The molecule has 0 spiro atoms. The Balaban J connectivity index is 1.98. The van der Waals surface area contributed by atoms with Crippen molar-refractivity contribution in [3.05, 3.63) is 89.1 Å². The largest absolute Gasteiger partial charge is 0.0795 e. The maximum absolute atomic E-state index is 2.35. The Kier molecular flexibility index (Phi) is 1.88. The van der Waals surface area contributed by atoms with Crippen LogP contribution in [0, 0.1) is 0 Å². The minimum atomic E-state index is 0.438. The number of benzene rings is 2. The van der Waals surface area contributed by atoms with Gasteiger partial charge in [-0.25, -0.2) is 0 Å². The summed E-state index contributed by atoms with van der Waals surface area (Å²) < 4.78 is 0. The van der Waals surface area contributed by atoms with E-state index in [1.807, 2.05) is 0 Å². The second kappa shape index (κ2) is 3.61. The highest BCUT2D eigenvalue weighted by Crippen LogP contribution is 2.50. The zero-order valence-corrected chi connectivity index (χ0v) is 11.1. The van der Waals surface area contributed by atoms with Crippen LogP contribution in [-0.2, 0) is 0 Å². The molecule has 0 amide bonds. The summed E-state index contributed by atoms with van der Waals surface area (Å²) in [5, 5.41) is 2.82. The van der Waals surface area contributed by atoms with E-state index in [-0.39, 0.29) is 0 Å². The van der Waals surface area contributed by atoms with Gasteiger partial charge in [0.2, 0.25) is 0 Å². The third-order valence-electron chi connectivity index (χ3n) is 4.74. The fourth-order valence-corrected chi connectivity index (χ4v) is 3.95. The first-order valence-electron chi connectivity index (χ1n) is 7.24. The summed E-state index contributed by atoms with van der Waals surface area (Å²) >= 11 is 0. The molecule has 94 valence electrons. The molecule has 0 heterocycles. The Morgan fingerprint density at radius 2 is 1.90 bits per heavy atom. The minimum absolute atomic E-state index is 0.438. The van der Waals surface area contributed by atoms with E-state index in [0.29, 0.717) is 5.92 Å². The molecule has 1 atom stereocenters. The molecule has 0 fully saturated rings. The van der Waals surface area contributed by atoms with Gasteiger partial charge in [0.25, 0.3) is 0 Å². The second-order valence-corrected chi connectivity index (χ2v) is 5.73. The highest BCUT2D eigenvalue weighted by atomic mass is 14.3. The number of allylic oxidation sites excluding steroid dienone is 8. The first-order valence-corrected chi connectivity index (χ1v) is 7.24. The molecular weight excluding hydrogens is 240 g/mol. The molecule has 0 saturated carbocycles. The van der Waals surface area contributed by atoms with Crippen molar-refractivity contribution in [2.75, 3.05) is 0 Å². The van der Waals surface area contributed by atoms with Crippen LogP contribution < -0.4 is 0 Å².